The molecule has 2 unspecified atom stereocenters. The molecule has 0 aliphatic carbocycles. The zero-order valence-corrected chi connectivity index (χ0v) is 23.2. The van der Waals surface area contributed by atoms with Gasteiger partial charge in [0.1, 0.15) is 28.2 Å². The van der Waals surface area contributed by atoms with E-state index in [-0.39, 0.29) is 30.3 Å². The molecular formula is C30H28N6O4S. The third kappa shape index (κ3) is 5.18. The summed E-state index contributed by atoms with van der Waals surface area (Å²) < 4.78 is 5.97. The van der Waals surface area contributed by atoms with Gasteiger partial charge in [-0.3, -0.25) is 14.5 Å². The van der Waals surface area contributed by atoms with Gasteiger partial charge in [-0.15, -0.1) is 0 Å². The molecule has 2 aromatic carbocycles. The number of thioether (sulfide) groups is 1. The topological polar surface area (TPSA) is 128 Å². The molecule has 3 aliphatic rings. The standard InChI is InChI=1S/C30H28N6O4S/c1-18-17-21(40-20-5-3-2-4-6-20)7-8-22(18)36-23-10-14-32-29-25(23)26(34-30(36)39)27(41-29)28(38)33-19-11-15-35(16-12-19)24(37)9-13-31/h2-8,10,14,17,19,26-27H,9,11-12,15-16H2,1H3,(H,33,38)(H,34,39). The molecule has 2 atom stereocenters. The molecule has 11 heteroatoms. The number of urea groups is 1. The van der Waals surface area contributed by atoms with E-state index < -0.39 is 11.3 Å². The molecule has 41 heavy (non-hydrogen) atoms. The number of aryl methyl sites for hydroxylation is 1. The first-order chi connectivity index (χ1) is 19.9. The number of rotatable bonds is 6. The van der Waals surface area contributed by atoms with E-state index in [2.05, 4.69) is 15.6 Å². The Morgan fingerprint density at radius 2 is 1.90 bits per heavy atom. The van der Waals surface area contributed by atoms with E-state index in [1.807, 2.05) is 67.6 Å². The van der Waals surface area contributed by atoms with Crippen molar-refractivity contribution in [2.24, 2.45) is 0 Å². The molecule has 1 aromatic heterocycles. The molecule has 0 bridgehead atoms. The molecule has 2 N–H and O–H groups in total. The van der Waals surface area contributed by atoms with Crippen molar-refractivity contribution in [3.8, 4) is 17.6 Å². The van der Waals surface area contributed by atoms with Gasteiger partial charge >= 0.3 is 6.03 Å². The van der Waals surface area contributed by atoms with Gasteiger partial charge in [0.15, 0.2) is 0 Å². The smallest absolute Gasteiger partial charge is 0.327 e. The number of ether oxygens (including phenoxy) is 1. The molecule has 0 saturated carbocycles. The van der Waals surface area contributed by atoms with Gasteiger partial charge in [0.05, 0.1) is 23.5 Å². The van der Waals surface area contributed by atoms with Crippen molar-refractivity contribution in [1.29, 1.82) is 5.26 Å². The van der Waals surface area contributed by atoms with Crippen LogP contribution in [0.25, 0.3) is 0 Å². The third-order valence-corrected chi connectivity index (χ3v) is 8.87. The summed E-state index contributed by atoms with van der Waals surface area (Å²) in [4.78, 5) is 46.8. The maximum Gasteiger partial charge on any atom is 0.327 e. The highest BCUT2D eigenvalue weighted by Gasteiger charge is 2.47. The van der Waals surface area contributed by atoms with Gasteiger partial charge in [0, 0.05) is 30.9 Å². The summed E-state index contributed by atoms with van der Waals surface area (Å²) in [5.41, 5.74) is 3.11. The summed E-state index contributed by atoms with van der Waals surface area (Å²) in [7, 11) is 0. The number of nitrogens with zero attached hydrogens (tertiary/aromatic N) is 4. The van der Waals surface area contributed by atoms with E-state index in [9.17, 15) is 14.4 Å². The molecule has 3 aliphatic heterocycles. The van der Waals surface area contributed by atoms with Gasteiger partial charge < -0.3 is 20.3 Å². The molecule has 0 radical (unpaired) electrons. The SMILES string of the molecule is Cc1cc(Oc2ccccc2)ccc1N1C(=O)NC2c3c1ccnc3SC2C(=O)NC1CCN(C(=O)CC#N)CC1. The molecule has 1 saturated heterocycles. The van der Waals surface area contributed by atoms with E-state index in [0.29, 0.717) is 43.1 Å². The number of likely N-dealkylation sites (tertiary alicyclic amines) is 1. The van der Waals surface area contributed by atoms with Crippen LogP contribution in [0.15, 0.2) is 65.8 Å². The number of benzene rings is 2. The van der Waals surface area contributed by atoms with Crippen molar-refractivity contribution in [2.45, 2.75) is 48.5 Å². The Kier molecular flexibility index (Phi) is 7.24. The predicted octanol–water partition coefficient (Wildman–Crippen LogP) is 4.58. The number of piperidine rings is 1. The largest absolute Gasteiger partial charge is 0.457 e. The van der Waals surface area contributed by atoms with Crippen LogP contribution in [0, 0.1) is 18.3 Å². The molecule has 1 fully saturated rings. The Labute approximate surface area is 241 Å². The Balaban J connectivity index is 1.18. The van der Waals surface area contributed by atoms with Crippen LogP contribution in [0.5, 0.6) is 11.5 Å². The first kappa shape index (κ1) is 26.7. The quantitative estimate of drug-likeness (QED) is 0.446. The number of carbonyl (C=O) groups excluding carboxylic acids is 3. The highest BCUT2D eigenvalue weighted by atomic mass is 32.2. The highest BCUT2D eigenvalue weighted by Crippen LogP contribution is 2.51. The van der Waals surface area contributed by atoms with E-state index in [0.717, 1.165) is 21.9 Å². The zero-order chi connectivity index (χ0) is 28.5. The van der Waals surface area contributed by atoms with Gasteiger partial charge in [-0.05, 0) is 61.7 Å². The fourth-order valence-electron chi connectivity index (χ4n) is 5.57. The second kappa shape index (κ2) is 11.1. The molecule has 4 heterocycles. The number of amides is 4. The average Bonchev–Trinajstić information content (AvgIpc) is 3.34. The summed E-state index contributed by atoms with van der Waals surface area (Å²) in [6.45, 7) is 2.93. The van der Waals surface area contributed by atoms with E-state index >= 15 is 0 Å². The van der Waals surface area contributed by atoms with Crippen molar-refractivity contribution in [3.63, 3.8) is 0 Å². The lowest BCUT2D eigenvalue weighted by Gasteiger charge is -2.36. The van der Waals surface area contributed by atoms with Crippen LogP contribution in [0.4, 0.5) is 16.2 Å². The zero-order valence-electron chi connectivity index (χ0n) is 22.4. The molecular weight excluding hydrogens is 540 g/mol. The van der Waals surface area contributed by atoms with Crippen molar-refractivity contribution in [2.75, 3.05) is 18.0 Å². The number of aromatic nitrogens is 1. The second-order valence-electron chi connectivity index (χ2n) is 10.2. The first-order valence-corrected chi connectivity index (χ1v) is 14.4. The normalized spacial score (nSPS) is 19.7. The summed E-state index contributed by atoms with van der Waals surface area (Å²) >= 11 is 1.35. The van der Waals surface area contributed by atoms with Crippen LogP contribution >= 0.6 is 11.8 Å². The van der Waals surface area contributed by atoms with Gasteiger partial charge in [-0.1, -0.05) is 30.0 Å². The van der Waals surface area contributed by atoms with Crippen molar-refractivity contribution >= 4 is 41.0 Å². The summed E-state index contributed by atoms with van der Waals surface area (Å²) in [5, 5.41) is 15.1. The molecule has 208 valence electrons. The maximum absolute atomic E-state index is 13.6. The van der Waals surface area contributed by atoms with Crippen LogP contribution in [-0.2, 0) is 9.59 Å². The minimum atomic E-state index is -0.564. The average molecular weight is 569 g/mol. The number of hydrogen-bond donors (Lipinski definition) is 2. The highest BCUT2D eigenvalue weighted by molar-refractivity contribution is 8.01. The molecule has 10 nitrogen and oxygen atoms in total. The Hall–Kier alpha value is -4.56. The number of anilines is 2. The number of para-hydroxylation sites is 1. The number of hydrogen-bond acceptors (Lipinski definition) is 7. The van der Waals surface area contributed by atoms with Crippen LogP contribution in [-0.4, -0.2) is 52.1 Å². The van der Waals surface area contributed by atoms with Crippen molar-refractivity contribution in [3.05, 3.63) is 71.9 Å². The van der Waals surface area contributed by atoms with Crippen LogP contribution < -0.4 is 20.3 Å². The molecule has 6 rings (SSSR count). The van der Waals surface area contributed by atoms with Crippen LogP contribution in [0.3, 0.4) is 0 Å². The van der Waals surface area contributed by atoms with Gasteiger partial charge in [-0.2, -0.15) is 5.26 Å². The van der Waals surface area contributed by atoms with Gasteiger partial charge in [0.2, 0.25) is 11.8 Å². The lowest BCUT2D eigenvalue weighted by Crippen LogP contribution is -2.52. The van der Waals surface area contributed by atoms with E-state index in [1.165, 1.54) is 11.8 Å². The lowest BCUT2D eigenvalue weighted by atomic mass is 9.98. The number of nitrogens with one attached hydrogen (secondary N) is 2. The summed E-state index contributed by atoms with van der Waals surface area (Å²) in [6, 6.07) is 17.9. The van der Waals surface area contributed by atoms with Crippen LogP contribution in [0.2, 0.25) is 0 Å². The predicted molar refractivity (Wildman–Crippen MR) is 153 cm³/mol. The fraction of sp³-hybridized carbons (Fsp3) is 0.300. The number of pyridine rings is 1. The second-order valence-corrected chi connectivity index (χ2v) is 11.3. The fourth-order valence-corrected chi connectivity index (χ4v) is 6.80. The van der Waals surface area contributed by atoms with Gasteiger partial charge in [-0.25, -0.2) is 9.78 Å². The Morgan fingerprint density at radius 3 is 2.63 bits per heavy atom. The Bertz CT molecular complexity index is 1550. The van der Waals surface area contributed by atoms with E-state index in [4.69, 9.17) is 10.00 Å². The minimum Gasteiger partial charge on any atom is -0.457 e. The van der Waals surface area contributed by atoms with E-state index in [1.54, 1.807) is 16.0 Å². The lowest BCUT2D eigenvalue weighted by molar-refractivity contribution is -0.131. The first-order valence-electron chi connectivity index (χ1n) is 13.5. The summed E-state index contributed by atoms with van der Waals surface area (Å²) in [5.74, 6) is 1.05. The minimum absolute atomic E-state index is 0.0829. The number of carbonyl (C=O) groups is 3. The van der Waals surface area contributed by atoms with Crippen LogP contribution in [0.1, 0.15) is 36.4 Å². The Morgan fingerprint density at radius 1 is 1.12 bits per heavy atom. The summed E-state index contributed by atoms with van der Waals surface area (Å²) in [6.07, 6.45) is 2.77. The van der Waals surface area contributed by atoms with Crippen molar-refractivity contribution < 1.29 is 19.1 Å². The van der Waals surface area contributed by atoms with Crippen molar-refractivity contribution in [1.82, 2.24) is 20.5 Å². The maximum atomic E-state index is 13.6. The molecule has 3 aromatic rings. The third-order valence-electron chi connectivity index (χ3n) is 7.58. The molecule has 0 spiro atoms. The number of nitriles is 1. The van der Waals surface area contributed by atoms with Gasteiger partial charge in [0.25, 0.3) is 0 Å². The molecule has 4 amide bonds. The monoisotopic (exact) mass is 568 g/mol.